The summed E-state index contributed by atoms with van der Waals surface area (Å²) in [6, 6.07) is 4.79. The normalized spacial score (nSPS) is 10.3. The molecule has 0 heterocycles. The number of nitrogens with two attached hydrogens (primary N) is 2. The van der Waals surface area contributed by atoms with Gasteiger partial charge in [-0.15, -0.1) is 0 Å². The number of hydrogen-bond donors (Lipinski definition) is 2. The second-order valence-electron chi connectivity index (χ2n) is 3.93. The lowest BCUT2D eigenvalue weighted by Gasteiger charge is -2.07. The van der Waals surface area contributed by atoms with Crippen molar-refractivity contribution >= 4 is 17.3 Å². The summed E-state index contributed by atoms with van der Waals surface area (Å²) >= 11 is 0. The summed E-state index contributed by atoms with van der Waals surface area (Å²) in [5.41, 5.74) is 9.43. The van der Waals surface area contributed by atoms with Crippen LogP contribution in [0.2, 0.25) is 0 Å². The largest absolute Gasteiger partial charge is 0.423 e. The third-order valence-corrected chi connectivity index (χ3v) is 2.48. The minimum atomic E-state index is -1.11. The van der Waals surface area contributed by atoms with Crippen molar-refractivity contribution in [1.82, 2.24) is 0 Å². The van der Waals surface area contributed by atoms with E-state index in [1.807, 2.05) is 0 Å². The third kappa shape index (κ3) is 2.66. The Morgan fingerprint density at radius 3 is 2.10 bits per heavy atom. The molecule has 0 radical (unpaired) electrons. The number of carbonyl (C=O) groups excluding carboxylic acids is 1. The van der Waals surface area contributed by atoms with Crippen LogP contribution in [0.1, 0.15) is 10.4 Å². The predicted molar refractivity (Wildman–Crippen MR) is 66.5 cm³/mol. The molecule has 0 saturated heterocycles. The van der Waals surface area contributed by atoms with Gasteiger partial charge < -0.3 is 16.2 Å². The summed E-state index contributed by atoms with van der Waals surface area (Å²) in [6.07, 6.45) is 0. The maximum Gasteiger partial charge on any atom is 0.346 e. The first-order valence-corrected chi connectivity index (χ1v) is 5.40. The zero-order valence-corrected chi connectivity index (χ0v) is 9.99. The molecule has 0 bridgehead atoms. The van der Waals surface area contributed by atoms with Crippen LogP contribution in [0.5, 0.6) is 5.75 Å². The van der Waals surface area contributed by atoms with Gasteiger partial charge in [0.25, 0.3) is 0 Å². The van der Waals surface area contributed by atoms with Gasteiger partial charge in [-0.2, -0.15) is 0 Å². The zero-order valence-electron chi connectivity index (χ0n) is 9.99. The average molecular weight is 282 g/mol. The zero-order chi connectivity index (χ0) is 14.9. The highest BCUT2D eigenvalue weighted by Crippen LogP contribution is 2.23. The van der Waals surface area contributed by atoms with Crippen LogP contribution < -0.4 is 16.2 Å². The van der Waals surface area contributed by atoms with Crippen LogP contribution in [-0.2, 0) is 0 Å². The molecule has 0 fully saturated rings. The lowest BCUT2D eigenvalue weighted by molar-refractivity contribution is 0.0729. The minimum Gasteiger partial charge on any atom is -0.423 e. The molecule has 0 spiro atoms. The van der Waals surface area contributed by atoms with Gasteiger partial charge in [0.1, 0.15) is 17.3 Å². The number of anilines is 2. The van der Waals surface area contributed by atoms with E-state index in [4.69, 9.17) is 11.5 Å². The van der Waals surface area contributed by atoms with E-state index in [0.29, 0.717) is 0 Å². The molecule has 0 aromatic heterocycles. The predicted octanol–water partition coefficient (Wildman–Crippen LogP) is 2.49. The number of rotatable bonds is 2. The quantitative estimate of drug-likeness (QED) is 0.504. The van der Waals surface area contributed by atoms with Crippen molar-refractivity contribution in [3.8, 4) is 5.75 Å². The molecule has 4 nitrogen and oxygen atoms in total. The topological polar surface area (TPSA) is 78.3 Å². The second kappa shape index (κ2) is 5.12. The third-order valence-electron chi connectivity index (χ3n) is 2.48. The molecule has 4 N–H and O–H groups in total. The Hall–Kier alpha value is -2.70. The number of hydrogen-bond acceptors (Lipinski definition) is 4. The fourth-order valence-corrected chi connectivity index (χ4v) is 1.48. The Bertz CT molecular complexity index is 666. The van der Waals surface area contributed by atoms with Crippen LogP contribution in [0.25, 0.3) is 0 Å². The van der Waals surface area contributed by atoms with Crippen molar-refractivity contribution in [2.24, 2.45) is 0 Å². The molecule has 0 unspecified atom stereocenters. The molecule has 2 aromatic rings. The Morgan fingerprint density at radius 1 is 0.950 bits per heavy atom. The maximum absolute atomic E-state index is 13.5. The molecule has 2 rings (SSSR count). The first-order valence-electron chi connectivity index (χ1n) is 5.40. The summed E-state index contributed by atoms with van der Waals surface area (Å²) in [5.74, 6) is -4.58. The van der Waals surface area contributed by atoms with E-state index in [1.165, 1.54) is 6.07 Å². The molecule has 0 atom stereocenters. The first kappa shape index (κ1) is 13.7. The molecular formula is C13H9F3N2O2. The number of carbonyl (C=O) groups is 1. The monoisotopic (exact) mass is 282 g/mol. The van der Waals surface area contributed by atoms with Gasteiger partial charge in [-0.05, 0) is 18.2 Å². The van der Waals surface area contributed by atoms with E-state index < -0.39 is 40.4 Å². The van der Waals surface area contributed by atoms with Crippen molar-refractivity contribution in [2.75, 3.05) is 11.5 Å². The molecule has 0 saturated carbocycles. The molecule has 0 aliphatic heterocycles. The number of benzene rings is 2. The van der Waals surface area contributed by atoms with E-state index in [9.17, 15) is 18.0 Å². The van der Waals surface area contributed by atoms with Gasteiger partial charge in [0, 0.05) is 17.8 Å². The van der Waals surface area contributed by atoms with Crippen molar-refractivity contribution in [2.45, 2.75) is 0 Å². The van der Waals surface area contributed by atoms with Crippen LogP contribution in [0.15, 0.2) is 30.3 Å². The molecule has 20 heavy (non-hydrogen) atoms. The standard InChI is InChI=1S/C13H9F3N2O2/c14-9-3-6(17)1-2-8(9)13(19)20-7-4-10(15)12(18)11(16)5-7/h1-5H,17-18H2. The lowest BCUT2D eigenvalue weighted by atomic mass is 10.2. The highest BCUT2D eigenvalue weighted by atomic mass is 19.1. The van der Waals surface area contributed by atoms with Gasteiger partial charge >= 0.3 is 5.97 Å². The van der Waals surface area contributed by atoms with Gasteiger partial charge in [0.15, 0.2) is 11.6 Å². The maximum atomic E-state index is 13.5. The summed E-state index contributed by atoms with van der Waals surface area (Å²) in [7, 11) is 0. The first-order chi connectivity index (χ1) is 9.38. The van der Waals surface area contributed by atoms with Crippen molar-refractivity contribution < 1.29 is 22.7 Å². The molecule has 0 amide bonds. The Balaban J connectivity index is 2.28. The fraction of sp³-hybridized carbons (Fsp3) is 0. The molecule has 104 valence electrons. The van der Waals surface area contributed by atoms with E-state index in [0.717, 1.165) is 24.3 Å². The van der Waals surface area contributed by atoms with Gasteiger partial charge in [0.05, 0.1) is 5.56 Å². The Kier molecular flexibility index (Phi) is 3.51. The van der Waals surface area contributed by atoms with E-state index in [1.54, 1.807) is 0 Å². The van der Waals surface area contributed by atoms with Crippen molar-refractivity contribution in [3.05, 3.63) is 53.3 Å². The highest BCUT2D eigenvalue weighted by molar-refractivity contribution is 5.91. The Labute approximate surface area is 111 Å². The van der Waals surface area contributed by atoms with E-state index >= 15 is 0 Å². The lowest BCUT2D eigenvalue weighted by Crippen LogP contribution is -2.11. The summed E-state index contributed by atoms with van der Waals surface area (Å²) < 4.78 is 44.5. The summed E-state index contributed by atoms with van der Waals surface area (Å²) in [4.78, 5) is 11.7. The molecular weight excluding hydrogens is 273 g/mol. The van der Waals surface area contributed by atoms with Gasteiger partial charge in [-0.25, -0.2) is 18.0 Å². The van der Waals surface area contributed by atoms with E-state index in [2.05, 4.69) is 4.74 Å². The smallest absolute Gasteiger partial charge is 0.346 e. The number of ether oxygens (including phenoxy) is 1. The van der Waals surface area contributed by atoms with Crippen LogP contribution >= 0.6 is 0 Å². The summed E-state index contributed by atoms with van der Waals surface area (Å²) in [5, 5.41) is 0. The van der Waals surface area contributed by atoms with Crippen LogP contribution in [0, 0.1) is 17.5 Å². The highest BCUT2D eigenvalue weighted by Gasteiger charge is 2.16. The molecule has 2 aromatic carbocycles. The SMILES string of the molecule is Nc1ccc(C(=O)Oc2cc(F)c(N)c(F)c2)c(F)c1. The molecule has 0 aliphatic rings. The number of halogens is 3. The van der Waals surface area contributed by atoms with Crippen LogP contribution in [-0.4, -0.2) is 5.97 Å². The molecule has 0 aliphatic carbocycles. The van der Waals surface area contributed by atoms with Crippen LogP contribution in [0.3, 0.4) is 0 Å². The fourth-order valence-electron chi connectivity index (χ4n) is 1.48. The number of nitrogen functional groups attached to an aromatic ring is 2. The van der Waals surface area contributed by atoms with Crippen molar-refractivity contribution in [1.29, 1.82) is 0 Å². The average Bonchev–Trinajstić information content (AvgIpc) is 2.35. The van der Waals surface area contributed by atoms with Crippen molar-refractivity contribution in [3.63, 3.8) is 0 Å². The van der Waals surface area contributed by atoms with Gasteiger partial charge in [-0.1, -0.05) is 0 Å². The minimum absolute atomic E-state index is 0.128. The Morgan fingerprint density at radius 2 is 1.55 bits per heavy atom. The van der Waals surface area contributed by atoms with Gasteiger partial charge in [0.2, 0.25) is 0 Å². The summed E-state index contributed by atoms with van der Waals surface area (Å²) in [6.45, 7) is 0. The van der Waals surface area contributed by atoms with Gasteiger partial charge in [-0.3, -0.25) is 0 Å². The second-order valence-corrected chi connectivity index (χ2v) is 3.93. The van der Waals surface area contributed by atoms with E-state index in [-0.39, 0.29) is 5.69 Å². The molecule has 7 heteroatoms. The van der Waals surface area contributed by atoms with Crippen LogP contribution in [0.4, 0.5) is 24.5 Å². The number of esters is 1.